The van der Waals surface area contributed by atoms with Gasteiger partial charge in [0.15, 0.2) is 5.96 Å². The fourth-order valence-electron chi connectivity index (χ4n) is 3.22. The Hall–Kier alpha value is -1.23. The lowest BCUT2D eigenvalue weighted by molar-refractivity contribution is 0.0137. The minimum absolute atomic E-state index is 0. The monoisotopic (exact) mass is 566 g/mol. The maximum atomic E-state index is 12.3. The molecule has 1 fully saturated rings. The summed E-state index contributed by atoms with van der Waals surface area (Å²) < 4.78 is 11.7. The zero-order valence-electron chi connectivity index (χ0n) is 16.7. The molecular formula is C19H28BrIN4O3. The molecular weight excluding hydrogens is 539 g/mol. The molecule has 0 aliphatic carbocycles. The number of fused-ring (bicyclic) bond motifs is 1. The Morgan fingerprint density at radius 3 is 2.75 bits per heavy atom. The van der Waals surface area contributed by atoms with Gasteiger partial charge >= 0.3 is 6.09 Å². The summed E-state index contributed by atoms with van der Waals surface area (Å²) in [6.45, 7) is 9.06. The van der Waals surface area contributed by atoms with Gasteiger partial charge in [-0.3, -0.25) is 4.99 Å². The van der Waals surface area contributed by atoms with E-state index in [-0.39, 0.29) is 36.1 Å². The second-order valence-electron chi connectivity index (χ2n) is 7.76. The molecule has 2 heterocycles. The van der Waals surface area contributed by atoms with Crippen LogP contribution < -0.4 is 10.1 Å². The summed E-state index contributed by atoms with van der Waals surface area (Å²) in [4.78, 5) is 21.0. The molecule has 1 amide bonds. The van der Waals surface area contributed by atoms with Crippen molar-refractivity contribution in [2.24, 2.45) is 4.99 Å². The van der Waals surface area contributed by atoms with E-state index in [0.29, 0.717) is 26.2 Å². The third-order valence-electron chi connectivity index (χ3n) is 4.53. The van der Waals surface area contributed by atoms with Gasteiger partial charge in [-0.15, -0.1) is 24.0 Å². The van der Waals surface area contributed by atoms with Gasteiger partial charge in [0.05, 0.1) is 24.2 Å². The Morgan fingerprint density at radius 2 is 2.11 bits per heavy atom. The number of nitrogens with zero attached hydrogens (tertiary/aromatic N) is 3. The van der Waals surface area contributed by atoms with Crippen LogP contribution in [0.3, 0.4) is 0 Å². The molecule has 9 heteroatoms. The number of aliphatic imine (C=N–C) groups is 1. The van der Waals surface area contributed by atoms with Gasteiger partial charge in [0, 0.05) is 26.2 Å². The van der Waals surface area contributed by atoms with E-state index in [2.05, 4.69) is 31.1 Å². The van der Waals surface area contributed by atoms with E-state index in [4.69, 9.17) is 9.47 Å². The summed E-state index contributed by atoms with van der Waals surface area (Å²) in [6.07, 6.45) is -0.244. The average molecular weight is 567 g/mol. The van der Waals surface area contributed by atoms with Crippen LogP contribution in [0, 0.1) is 0 Å². The van der Waals surface area contributed by atoms with Crippen LogP contribution in [0.25, 0.3) is 0 Å². The Bertz CT molecular complexity index is 738. The second kappa shape index (κ2) is 9.51. The summed E-state index contributed by atoms with van der Waals surface area (Å²) in [6, 6.07) is 6.22. The van der Waals surface area contributed by atoms with Gasteiger partial charge in [0.1, 0.15) is 11.4 Å². The molecule has 1 aromatic carbocycles. The molecule has 1 N–H and O–H groups in total. The number of carbonyl (C=O) groups is 1. The summed E-state index contributed by atoms with van der Waals surface area (Å²) >= 11 is 3.51. The molecule has 28 heavy (non-hydrogen) atoms. The van der Waals surface area contributed by atoms with E-state index in [9.17, 15) is 4.79 Å². The Balaban J connectivity index is 0.00000280. The molecule has 7 nitrogen and oxygen atoms in total. The van der Waals surface area contributed by atoms with Gasteiger partial charge in [-0.25, -0.2) is 4.79 Å². The first kappa shape index (κ1) is 23.1. The number of nitrogens with one attached hydrogen (secondary N) is 1. The highest BCUT2D eigenvalue weighted by Crippen LogP contribution is 2.25. The van der Waals surface area contributed by atoms with Gasteiger partial charge in [-0.05, 0) is 54.4 Å². The van der Waals surface area contributed by atoms with Crippen molar-refractivity contribution in [2.45, 2.75) is 39.0 Å². The molecule has 1 saturated heterocycles. The van der Waals surface area contributed by atoms with Crippen LogP contribution in [0.15, 0.2) is 27.7 Å². The molecule has 3 rings (SSSR count). The molecule has 1 aromatic rings. The number of ether oxygens (including phenoxy) is 2. The minimum Gasteiger partial charge on any atom is -0.496 e. The Morgan fingerprint density at radius 1 is 1.36 bits per heavy atom. The largest absolute Gasteiger partial charge is 0.496 e. The van der Waals surface area contributed by atoms with Crippen LogP contribution in [0.5, 0.6) is 5.75 Å². The van der Waals surface area contributed by atoms with Gasteiger partial charge in [-0.1, -0.05) is 6.07 Å². The molecule has 2 aliphatic heterocycles. The number of rotatable bonds is 3. The maximum absolute atomic E-state index is 12.3. The van der Waals surface area contributed by atoms with Gasteiger partial charge in [-0.2, -0.15) is 0 Å². The molecule has 0 bridgehead atoms. The molecule has 0 spiro atoms. The van der Waals surface area contributed by atoms with E-state index in [0.717, 1.165) is 28.3 Å². The molecule has 1 unspecified atom stereocenters. The van der Waals surface area contributed by atoms with Crippen molar-refractivity contribution in [3.63, 3.8) is 0 Å². The predicted molar refractivity (Wildman–Crippen MR) is 124 cm³/mol. The lowest BCUT2D eigenvalue weighted by atomic mass is 10.2. The third kappa shape index (κ3) is 5.65. The molecule has 0 aromatic heterocycles. The van der Waals surface area contributed by atoms with Crippen LogP contribution in [-0.2, 0) is 11.3 Å². The number of amides is 1. The Kier molecular flexibility index (Phi) is 7.83. The van der Waals surface area contributed by atoms with Crippen molar-refractivity contribution in [2.75, 3.05) is 33.3 Å². The first-order valence-electron chi connectivity index (χ1n) is 9.12. The number of halogens is 2. The number of benzene rings is 1. The SMILES string of the molecule is COc1ccc(CNC2=NCC3CN(C(=O)OC(C)(C)C)CCN23)cc1Br.I. The first-order valence-corrected chi connectivity index (χ1v) is 9.91. The van der Waals surface area contributed by atoms with Crippen LogP contribution in [0.1, 0.15) is 26.3 Å². The van der Waals surface area contributed by atoms with Gasteiger partial charge in [0.2, 0.25) is 0 Å². The summed E-state index contributed by atoms with van der Waals surface area (Å²) in [7, 11) is 1.66. The third-order valence-corrected chi connectivity index (χ3v) is 5.14. The number of methoxy groups -OCH3 is 1. The molecule has 0 saturated carbocycles. The molecule has 1 atom stereocenters. The maximum Gasteiger partial charge on any atom is 0.410 e. The summed E-state index contributed by atoms with van der Waals surface area (Å²) in [5, 5.41) is 3.42. The van der Waals surface area contributed by atoms with E-state index >= 15 is 0 Å². The number of hydrogen-bond donors (Lipinski definition) is 1. The van der Waals surface area contributed by atoms with Crippen LogP contribution in [-0.4, -0.2) is 66.8 Å². The van der Waals surface area contributed by atoms with Crippen LogP contribution in [0.2, 0.25) is 0 Å². The lowest BCUT2D eigenvalue weighted by Crippen LogP contribution is -2.57. The molecule has 0 radical (unpaired) electrons. The number of carbonyl (C=O) groups excluding carboxylic acids is 1. The highest BCUT2D eigenvalue weighted by atomic mass is 127. The lowest BCUT2D eigenvalue weighted by Gasteiger charge is -2.39. The van der Waals surface area contributed by atoms with Crippen molar-refractivity contribution in [3.8, 4) is 5.75 Å². The molecule has 156 valence electrons. The van der Waals surface area contributed by atoms with Crippen molar-refractivity contribution < 1.29 is 14.3 Å². The normalized spacial score (nSPS) is 18.8. The standard InChI is InChI=1S/C19H27BrN4O3.HI/c1-19(2,3)27-18(25)23-7-8-24-14(12-23)11-22-17(24)21-10-13-5-6-16(26-4)15(20)9-13;/h5-6,9,14H,7-8,10-12H2,1-4H3,(H,21,22);1H. The fourth-order valence-corrected chi connectivity index (χ4v) is 3.81. The quantitative estimate of drug-likeness (QED) is 0.568. The zero-order chi connectivity index (χ0) is 19.6. The van der Waals surface area contributed by atoms with E-state index in [1.54, 1.807) is 12.0 Å². The van der Waals surface area contributed by atoms with E-state index in [1.807, 2.05) is 39.0 Å². The smallest absolute Gasteiger partial charge is 0.410 e. The highest BCUT2D eigenvalue weighted by Gasteiger charge is 2.36. The van der Waals surface area contributed by atoms with Crippen molar-refractivity contribution in [3.05, 3.63) is 28.2 Å². The van der Waals surface area contributed by atoms with Gasteiger partial charge in [0.25, 0.3) is 0 Å². The average Bonchev–Trinajstić information content (AvgIpc) is 3.01. The number of piperazine rings is 1. The first-order chi connectivity index (χ1) is 12.8. The second-order valence-corrected chi connectivity index (χ2v) is 8.61. The van der Waals surface area contributed by atoms with Crippen molar-refractivity contribution in [1.29, 1.82) is 0 Å². The van der Waals surface area contributed by atoms with Gasteiger partial charge < -0.3 is 24.6 Å². The Labute approximate surface area is 192 Å². The van der Waals surface area contributed by atoms with Crippen LogP contribution in [0.4, 0.5) is 4.79 Å². The predicted octanol–water partition coefficient (Wildman–Crippen LogP) is 3.46. The fraction of sp³-hybridized carbons (Fsp3) is 0.579. The zero-order valence-corrected chi connectivity index (χ0v) is 20.6. The van der Waals surface area contributed by atoms with Crippen molar-refractivity contribution in [1.82, 2.24) is 15.1 Å². The number of hydrogen-bond acceptors (Lipinski definition) is 6. The van der Waals surface area contributed by atoms with E-state index < -0.39 is 5.60 Å². The van der Waals surface area contributed by atoms with Crippen LogP contribution >= 0.6 is 39.9 Å². The number of guanidine groups is 1. The van der Waals surface area contributed by atoms with E-state index in [1.165, 1.54) is 0 Å². The minimum atomic E-state index is -0.472. The topological polar surface area (TPSA) is 66.4 Å². The van der Waals surface area contributed by atoms with Crippen molar-refractivity contribution >= 4 is 52.0 Å². The highest BCUT2D eigenvalue weighted by molar-refractivity contribution is 14.0. The molecule has 2 aliphatic rings. The summed E-state index contributed by atoms with van der Waals surface area (Å²) in [5.74, 6) is 1.71. The summed E-state index contributed by atoms with van der Waals surface area (Å²) in [5.41, 5.74) is 0.668.